The summed E-state index contributed by atoms with van der Waals surface area (Å²) >= 11 is 1.35. The van der Waals surface area contributed by atoms with Gasteiger partial charge in [0, 0.05) is 37.6 Å². The molecule has 1 heterocycles. The largest absolute Gasteiger partial charge is 0.497 e. The standard InChI is InChI=1S/C22H27N3O3S/c1-17-5-3-4-6-20(17)24-11-13-25(14-12-24)22(27)16-29-15-21(26)23-18-7-9-19(28-2)10-8-18/h3-10H,11-16H2,1-2H3,(H,23,26). The third-order valence-electron chi connectivity index (χ3n) is 4.92. The number of aryl methyl sites for hydroxylation is 1. The Kier molecular flexibility index (Phi) is 7.41. The summed E-state index contributed by atoms with van der Waals surface area (Å²) in [6.45, 7) is 5.20. The van der Waals surface area contributed by atoms with Gasteiger partial charge in [-0.2, -0.15) is 0 Å². The quantitative estimate of drug-likeness (QED) is 0.756. The predicted octanol–water partition coefficient (Wildman–Crippen LogP) is 3.02. The van der Waals surface area contributed by atoms with E-state index >= 15 is 0 Å². The zero-order chi connectivity index (χ0) is 20.6. The van der Waals surface area contributed by atoms with E-state index in [-0.39, 0.29) is 17.6 Å². The summed E-state index contributed by atoms with van der Waals surface area (Å²) in [6.07, 6.45) is 0. The highest BCUT2D eigenvalue weighted by Gasteiger charge is 2.22. The van der Waals surface area contributed by atoms with Gasteiger partial charge in [0.1, 0.15) is 5.75 Å². The van der Waals surface area contributed by atoms with Crippen LogP contribution in [0.4, 0.5) is 11.4 Å². The third kappa shape index (κ3) is 5.90. The van der Waals surface area contributed by atoms with Crippen molar-refractivity contribution in [3.63, 3.8) is 0 Å². The highest BCUT2D eigenvalue weighted by atomic mass is 32.2. The van der Waals surface area contributed by atoms with E-state index in [0.29, 0.717) is 18.8 Å². The SMILES string of the molecule is COc1ccc(NC(=O)CSCC(=O)N2CCN(c3ccccc3C)CC2)cc1. The van der Waals surface area contributed by atoms with Crippen LogP contribution in [0, 0.1) is 6.92 Å². The Morgan fingerprint density at radius 2 is 1.69 bits per heavy atom. The van der Waals surface area contributed by atoms with Crippen LogP contribution in [0.5, 0.6) is 5.75 Å². The maximum absolute atomic E-state index is 12.5. The molecule has 2 aromatic rings. The highest BCUT2D eigenvalue weighted by molar-refractivity contribution is 8.00. The summed E-state index contributed by atoms with van der Waals surface area (Å²) in [7, 11) is 1.60. The number of para-hydroxylation sites is 1. The van der Waals surface area contributed by atoms with Crippen molar-refractivity contribution in [3.8, 4) is 5.75 Å². The van der Waals surface area contributed by atoms with E-state index in [1.165, 1.54) is 23.0 Å². The maximum atomic E-state index is 12.5. The van der Waals surface area contributed by atoms with Gasteiger partial charge in [-0.25, -0.2) is 0 Å². The van der Waals surface area contributed by atoms with Gasteiger partial charge in [0.25, 0.3) is 0 Å². The van der Waals surface area contributed by atoms with Crippen molar-refractivity contribution in [2.45, 2.75) is 6.92 Å². The Labute approximate surface area is 176 Å². The first-order valence-electron chi connectivity index (χ1n) is 9.67. The number of hydrogen-bond acceptors (Lipinski definition) is 5. The lowest BCUT2D eigenvalue weighted by molar-refractivity contribution is -0.128. The number of ether oxygens (including phenoxy) is 1. The van der Waals surface area contributed by atoms with E-state index in [9.17, 15) is 9.59 Å². The molecule has 2 aromatic carbocycles. The minimum atomic E-state index is -0.114. The molecule has 0 aromatic heterocycles. The molecule has 0 saturated carbocycles. The minimum absolute atomic E-state index is 0.0941. The van der Waals surface area contributed by atoms with Crippen LogP contribution in [-0.4, -0.2) is 61.5 Å². The fraction of sp³-hybridized carbons (Fsp3) is 0.364. The second kappa shape index (κ2) is 10.2. The van der Waals surface area contributed by atoms with Crippen LogP contribution in [-0.2, 0) is 9.59 Å². The summed E-state index contributed by atoms with van der Waals surface area (Å²) in [5.41, 5.74) is 3.21. The number of amides is 2. The van der Waals surface area contributed by atoms with Gasteiger partial charge in [0.2, 0.25) is 11.8 Å². The van der Waals surface area contributed by atoms with Gasteiger partial charge in [-0.3, -0.25) is 9.59 Å². The first kappa shape index (κ1) is 21.0. The van der Waals surface area contributed by atoms with Crippen molar-refractivity contribution in [2.75, 3.05) is 55.0 Å². The Hall–Kier alpha value is -2.67. The lowest BCUT2D eigenvalue weighted by atomic mass is 10.1. The van der Waals surface area contributed by atoms with Gasteiger partial charge < -0.3 is 19.9 Å². The first-order chi connectivity index (χ1) is 14.1. The zero-order valence-electron chi connectivity index (χ0n) is 16.9. The highest BCUT2D eigenvalue weighted by Crippen LogP contribution is 2.21. The van der Waals surface area contributed by atoms with Crippen molar-refractivity contribution in [3.05, 3.63) is 54.1 Å². The molecule has 0 spiro atoms. The number of nitrogens with zero attached hydrogens (tertiary/aromatic N) is 2. The molecule has 1 aliphatic rings. The summed E-state index contributed by atoms with van der Waals surface area (Å²) < 4.78 is 5.10. The fourth-order valence-electron chi connectivity index (χ4n) is 3.31. The Morgan fingerprint density at radius 1 is 1.00 bits per heavy atom. The van der Waals surface area contributed by atoms with E-state index in [1.807, 2.05) is 17.0 Å². The van der Waals surface area contributed by atoms with Crippen LogP contribution in [0.25, 0.3) is 0 Å². The maximum Gasteiger partial charge on any atom is 0.234 e. The van der Waals surface area contributed by atoms with Crippen LogP contribution in [0.15, 0.2) is 48.5 Å². The Bertz CT molecular complexity index is 833. The predicted molar refractivity (Wildman–Crippen MR) is 119 cm³/mol. The van der Waals surface area contributed by atoms with E-state index < -0.39 is 0 Å². The van der Waals surface area contributed by atoms with Gasteiger partial charge >= 0.3 is 0 Å². The van der Waals surface area contributed by atoms with Crippen molar-refractivity contribution in [1.82, 2.24) is 4.90 Å². The summed E-state index contributed by atoms with van der Waals surface area (Å²) in [6, 6.07) is 15.5. The molecule has 29 heavy (non-hydrogen) atoms. The summed E-state index contributed by atoms with van der Waals surface area (Å²) in [5, 5.41) is 2.83. The molecule has 3 rings (SSSR count). The normalized spacial score (nSPS) is 13.9. The molecule has 1 N–H and O–H groups in total. The molecule has 6 nitrogen and oxygen atoms in total. The molecule has 0 unspecified atom stereocenters. The molecular weight excluding hydrogens is 386 g/mol. The van der Waals surface area contributed by atoms with E-state index in [0.717, 1.165) is 24.5 Å². The zero-order valence-corrected chi connectivity index (χ0v) is 17.7. The Balaban J connectivity index is 1.37. The molecule has 1 saturated heterocycles. The van der Waals surface area contributed by atoms with Gasteiger partial charge in [-0.15, -0.1) is 11.8 Å². The molecular formula is C22H27N3O3S. The third-order valence-corrected chi connectivity index (χ3v) is 5.84. The fourth-order valence-corrected chi connectivity index (χ4v) is 4.03. The molecule has 0 aliphatic carbocycles. The van der Waals surface area contributed by atoms with E-state index in [1.54, 1.807) is 31.4 Å². The second-order valence-electron chi connectivity index (χ2n) is 6.92. The van der Waals surface area contributed by atoms with E-state index in [4.69, 9.17) is 4.74 Å². The summed E-state index contributed by atoms with van der Waals surface area (Å²) in [5.74, 6) is 1.29. The van der Waals surface area contributed by atoms with Crippen molar-refractivity contribution in [1.29, 1.82) is 0 Å². The van der Waals surface area contributed by atoms with Crippen LogP contribution in [0.2, 0.25) is 0 Å². The summed E-state index contributed by atoms with van der Waals surface area (Å²) in [4.78, 5) is 28.7. The number of carbonyl (C=O) groups excluding carboxylic acids is 2. The smallest absolute Gasteiger partial charge is 0.234 e. The molecule has 0 bridgehead atoms. The molecule has 0 radical (unpaired) electrons. The molecule has 0 atom stereocenters. The average molecular weight is 414 g/mol. The number of rotatable bonds is 7. The number of methoxy groups -OCH3 is 1. The van der Waals surface area contributed by atoms with Crippen LogP contribution in [0.3, 0.4) is 0 Å². The van der Waals surface area contributed by atoms with Crippen LogP contribution < -0.4 is 15.0 Å². The second-order valence-corrected chi connectivity index (χ2v) is 7.91. The number of benzene rings is 2. The molecule has 154 valence electrons. The topological polar surface area (TPSA) is 61.9 Å². The number of piperazine rings is 1. The monoisotopic (exact) mass is 413 g/mol. The number of anilines is 2. The first-order valence-corrected chi connectivity index (χ1v) is 10.8. The molecule has 7 heteroatoms. The number of hydrogen-bond donors (Lipinski definition) is 1. The lowest BCUT2D eigenvalue weighted by Crippen LogP contribution is -2.49. The van der Waals surface area contributed by atoms with Crippen LogP contribution in [0.1, 0.15) is 5.56 Å². The molecule has 1 fully saturated rings. The lowest BCUT2D eigenvalue weighted by Gasteiger charge is -2.36. The molecule has 1 aliphatic heterocycles. The van der Waals surface area contributed by atoms with Crippen LogP contribution >= 0.6 is 11.8 Å². The number of carbonyl (C=O) groups is 2. The van der Waals surface area contributed by atoms with Crippen molar-refractivity contribution >= 4 is 35.0 Å². The van der Waals surface area contributed by atoms with E-state index in [2.05, 4.69) is 29.3 Å². The number of nitrogens with one attached hydrogen (secondary N) is 1. The van der Waals surface area contributed by atoms with Gasteiger partial charge in [0.15, 0.2) is 0 Å². The Morgan fingerprint density at radius 3 is 2.34 bits per heavy atom. The van der Waals surface area contributed by atoms with Gasteiger partial charge in [-0.1, -0.05) is 18.2 Å². The van der Waals surface area contributed by atoms with Crippen molar-refractivity contribution < 1.29 is 14.3 Å². The molecule has 2 amide bonds. The minimum Gasteiger partial charge on any atom is -0.497 e. The van der Waals surface area contributed by atoms with Crippen molar-refractivity contribution in [2.24, 2.45) is 0 Å². The number of thioether (sulfide) groups is 1. The average Bonchev–Trinajstić information content (AvgIpc) is 2.75. The van der Waals surface area contributed by atoms with Gasteiger partial charge in [-0.05, 0) is 42.8 Å². The van der Waals surface area contributed by atoms with Gasteiger partial charge in [0.05, 0.1) is 18.6 Å².